The number of nitrogens with two attached hydrogens (primary N) is 1. The molecule has 1 rings (SSSR count). The standard InChI is InChI=1S/C10H22N2O/c1-2-6-12(7-5-11)10-3-8-13-9-4-10/h10H,2-9,11H2,1H3. The normalized spacial score (nSPS) is 19.6. The second kappa shape index (κ2) is 6.35. The SMILES string of the molecule is CCCN(CCN)C1CCOCC1. The minimum Gasteiger partial charge on any atom is -0.381 e. The monoisotopic (exact) mass is 186 g/mol. The molecule has 1 saturated heterocycles. The first-order chi connectivity index (χ1) is 6.38. The molecule has 0 unspecified atom stereocenters. The van der Waals surface area contributed by atoms with E-state index in [1.807, 2.05) is 0 Å². The van der Waals surface area contributed by atoms with E-state index in [2.05, 4.69) is 11.8 Å². The molecule has 1 heterocycles. The van der Waals surface area contributed by atoms with Gasteiger partial charge in [0.25, 0.3) is 0 Å². The quantitative estimate of drug-likeness (QED) is 0.691. The third kappa shape index (κ3) is 3.63. The van der Waals surface area contributed by atoms with Gasteiger partial charge in [0.05, 0.1) is 0 Å². The Labute approximate surface area is 81.2 Å². The molecule has 0 radical (unpaired) electrons. The van der Waals surface area contributed by atoms with E-state index in [0.29, 0.717) is 0 Å². The maximum Gasteiger partial charge on any atom is 0.0480 e. The molecule has 78 valence electrons. The first-order valence-corrected chi connectivity index (χ1v) is 5.40. The Hall–Kier alpha value is -0.120. The summed E-state index contributed by atoms with van der Waals surface area (Å²) in [6.07, 6.45) is 3.58. The van der Waals surface area contributed by atoms with Crippen LogP contribution in [-0.2, 0) is 4.74 Å². The molecular weight excluding hydrogens is 164 g/mol. The van der Waals surface area contributed by atoms with Gasteiger partial charge in [0, 0.05) is 32.3 Å². The predicted molar refractivity (Wildman–Crippen MR) is 54.8 cm³/mol. The molecule has 0 atom stereocenters. The summed E-state index contributed by atoms with van der Waals surface area (Å²) in [5.74, 6) is 0. The molecule has 1 aliphatic rings. The van der Waals surface area contributed by atoms with Crippen molar-refractivity contribution in [3.05, 3.63) is 0 Å². The van der Waals surface area contributed by atoms with Gasteiger partial charge in [-0.25, -0.2) is 0 Å². The number of rotatable bonds is 5. The molecule has 3 heteroatoms. The van der Waals surface area contributed by atoms with Crippen LogP contribution < -0.4 is 5.73 Å². The average Bonchev–Trinajstić information content (AvgIpc) is 2.19. The van der Waals surface area contributed by atoms with Crippen molar-refractivity contribution < 1.29 is 4.74 Å². The highest BCUT2D eigenvalue weighted by atomic mass is 16.5. The van der Waals surface area contributed by atoms with Gasteiger partial charge in [0.15, 0.2) is 0 Å². The maximum absolute atomic E-state index is 5.59. The van der Waals surface area contributed by atoms with E-state index < -0.39 is 0 Å². The highest BCUT2D eigenvalue weighted by Gasteiger charge is 2.19. The van der Waals surface area contributed by atoms with Crippen LogP contribution >= 0.6 is 0 Å². The lowest BCUT2D eigenvalue weighted by atomic mass is 10.1. The van der Waals surface area contributed by atoms with Crippen molar-refractivity contribution in [3.8, 4) is 0 Å². The summed E-state index contributed by atoms with van der Waals surface area (Å²) < 4.78 is 5.35. The number of hydrogen-bond donors (Lipinski definition) is 1. The van der Waals surface area contributed by atoms with Crippen molar-refractivity contribution in [1.29, 1.82) is 0 Å². The van der Waals surface area contributed by atoms with E-state index in [-0.39, 0.29) is 0 Å². The van der Waals surface area contributed by atoms with Gasteiger partial charge in [-0.2, -0.15) is 0 Å². The van der Waals surface area contributed by atoms with E-state index >= 15 is 0 Å². The number of ether oxygens (including phenoxy) is 1. The molecule has 0 bridgehead atoms. The third-order valence-corrected chi connectivity index (χ3v) is 2.63. The highest BCUT2D eigenvalue weighted by Crippen LogP contribution is 2.13. The predicted octanol–water partition coefficient (Wildman–Crippen LogP) is 0.836. The zero-order chi connectivity index (χ0) is 9.52. The Morgan fingerprint density at radius 2 is 2.00 bits per heavy atom. The molecule has 1 fully saturated rings. The Morgan fingerprint density at radius 1 is 1.31 bits per heavy atom. The van der Waals surface area contributed by atoms with Crippen LogP contribution in [0.25, 0.3) is 0 Å². The Balaban J connectivity index is 2.32. The van der Waals surface area contributed by atoms with Gasteiger partial charge >= 0.3 is 0 Å². The van der Waals surface area contributed by atoms with Crippen LogP contribution in [0.3, 0.4) is 0 Å². The van der Waals surface area contributed by atoms with Gasteiger partial charge in [-0.05, 0) is 25.8 Å². The van der Waals surface area contributed by atoms with Gasteiger partial charge < -0.3 is 10.5 Å². The van der Waals surface area contributed by atoms with E-state index in [1.165, 1.54) is 25.8 Å². The molecule has 0 saturated carbocycles. The van der Waals surface area contributed by atoms with E-state index in [9.17, 15) is 0 Å². The summed E-state index contributed by atoms with van der Waals surface area (Å²) in [6, 6.07) is 0.720. The number of hydrogen-bond acceptors (Lipinski definition) is 3. The molecule has 1 aliphatic heterocycles. The van der Waals surface area contributed by atoms with Gasteiger partial charge in [0.2, 0.25) is 0 Å². The Morgan fingerprint density at radius 3 is 2.54 bits per heavy atom. The Bertz CT molecular complexity index is 118. The second-order valence-electron chi connectivity index (χ2n) is 3.67. The van der Waals surface area contributed by atoms with Crippen molar-refractivity contribution >= 4 is 0 Å². The third-order valence-electron chi connectivity index (χ3n) is 2.63. The summed E-state index contributed by atoms with van der Waals surface area (Å²) in [4.78, 5) is 2.52. The summed E-state index contributed by atoms with van der Waals surface area (Å²) in [5.41, 5.74) is 5.59. The molecule has 0 aromatic heterocycles. The lowest BCUT2D eigenvalue weighted by molar-refractivity contribution is 0.0350. The van der Waals surface area contributed by atoms with Gasteiger partial charge in [0.1, 0.15) is 0 Å². The van der Waals surface area contributed by atoms with Gasteiger partial charge in [-0.3, -0.25) is 4.90 Å². The second-order valence-corrected chi connectivity index (χ2v) is 3.67. The minimum absolute atomic E-state index is 0.720. The van der Waals surface area contributed by atoms with Crippen LogP contribution in [0.1, 0.15) is 26.2 Å². The van der Waals surface area contributed by atoms with Crippen LogP contribution in [0.15, 0.2) is 0 Å². The molecular formula is C10H22N2O. The average molecular weight is 186 g/mol. The minimum atomic E-state index is 0.720. The maximum atomic E-state index is 5.59. The Kier molecular flexibility index (Phi) is 5.35. The lowest BCUT2D eigenvalue weighted by Crippen LogP contribution is -2.42. The van der Waals surface area contributed by atoms with Crippen LogP contribution in [0, 0.1) is 0 Å². The fourth-order valence-electron chi connectivity index (χ4n) is 1.98. The molecule has 0 amide bonds. The van der Waals surface area contributed by atoms with Crippen LogP contribution in [0.2, 0.25) is 0 Å². The molecule has 0 aliphatic carbocycles. The van der Waals surface area contributed by atoms with Crippen molar-refractivity contribution in [1.82, 2.24) is 4.90 Å². The lowest BCUT2D eigenvalue weighted by Gasteiger charge is -2.33. The fraction of sp³-hybridized carbons (Fsp3) is 1.00. The van der Waals surface area contributed by atoms with Crippen LogP contribution in [0.4, 0.5) is 0 Å². The largest absolute Gasteiger partial charge is 0.381 e. The highest BCUT2D eigenvalue weighted by molar-refractivity contribution is 4.74. The van der Waals surface area contributed by atoms with Crippen molar-refractivity contribution in [3.63, 3.8) is 0 Å². The number of nitrogens with zero attached hydrogens (tertiary/aromatic N) is 1. The van der Waals surface area contributed by atoms with Gasteiger partial charge in [-0.15, -0.1) is 0 Å². The zero-order valence-electron chi connectivity index (χ0n) is 8.67. The van der Waals surface area contributed by atoms with Crippen LogP contribution in [-0.4, -0.2) is 43.8 Å². The molecule has 13 heavy (non-hydrogen) atoms. The zero-order valence-corrected chi connectivity index (χ0v) is 8.67. The first-order valence-electron chi connectivity index (χ1n) is 5.40. The molecule has 2 N–H and O–H groups in total. The van der Waals surface area contributed by atoms with Gasteiger partial charge in [-0.1, -0.05) is 6.92 Å². The molecule has 0 aromatic rings. The summed E-state index contributed by atoms with van der Waals surface area (Å²) >= 11 is 0. The van der Waals surface area contributed by atoms with E-state index in [1.54, 1.807) is 0 Å². The van der Waals surface area contributed by atoms with E-state index in [0.717, 1.165) is 32.3 Å². The molecule has 0 aromatic carbocycles. The fourth-order valence-corrected chi connectivity index (χ4v) is 1.98. The first kappa shape index (κ1) is 11.0. The van der Waals surface area contributed by atoms with Crippen LogP contribution in [0.5, 0.6) is 0 Å². The molecule has 0 spiro atoms. The summed E-state index contributed by atoms with van der Waals surface area (Å²) in [7, 11) is 0. The van der Waals surface area contributed by atoms with Crippen molar-refractivity contribution in [2.24, 2.45) is 5.73 Å². The smallest absolute Gasteiger partial charge is 0.0480 e. The summed E-state index contributed by atoms with van der Waals surface area (Å²) in [5, 5.41) is 0. The molecule has 3 nitrogen and oxygen atoms in total. The van der Waals surface area contributed by atoms with Crippen molar-refractivity contribution in [2.45, 2.75) is 32.2 Å². The topological polar surface area (TPSA) is 38.5 Å². The summed E-state index contributed by atoms with van der Waals surface area (Å²) in [6.45, 7) is 7.07. The van der Waals surface area contributed by atoms with E-state index in [4.69, 9.17) is 10.5 Å². The van der Waals surface area contributed by atoms with Crippen molar-refractivity contribution in [2.75, 3.05) is 32.8 Å².